The molecule has 0 radical (unpaired) electrons. The molecule has 0 amide bonds. The second-order valence-corrected chi connectivity index (χ2v) is 2.96. The molecular formula is C8H8ClF2NO. The van der Waals surface area contributed by atoms with Crippen LogP contribution in [-0.2, 0) is 6.61 Å². The largest absolute Gasteiger partial charge is 0.390 e. The van der Waals surface area contributed by atoms with Gasteiger partial charge in [0.1, 0.15) is 5.69 Å². The van der Waals surface area contributed by atoms with E-state index in [1.165, 1.54) is 6.07 Å². The lowest BCUT2D eigenvalue weighted by Gasteiger charge is -2.06. The average molecular weight is 208 g/mol. The number of pyridine rings is 1. The van der Waals surface area contributed by atoms with Crippen molar-refractivity contribution < 1.29 is 13.9 Å². The second kappa shape index (κ2) is 3.98. The minimum absolute atomic E-state index is 0.0944. The first-order valence-corrected chi connectivity index (χ1v) is 3.99. The Hall–Kier alpha value is -0.740. The van der Waals surface area contributed by atoms with Gasteiger partial charge in [0.2, 0.25) is 0 Å². The van der Waals surface area contributed by atoms with Gasteiger partial charge >= 0.3 is 0 Å². The van der Waals surface area contributed by atoms with Gasteiger partial charge in [-0.2, -0.15) is 0 Å². The number of nitrogens with zero attached hydrogens (tertiary/aromatic N) is 1. The lowest BCUT2D eigenvalue weighted by atomic mass is 10.2. The number of hydrogen-bond donors (Lipinski definition) is 1. The quantitative estimate of drug-likeness (QED) is 0.808. The molecule has 1 heterocycles. The zero-order chi connectivity index (χ0) is 10.0. The molecule has 0 fully saturated rings. The van der Waals surface area contributed by atoms with E-state index in [0.29, 0.717) is 5.56 Å². The van der Waals surface area contributed by atoms with Gasteiger partial charge in [-0.1, -0.05) is 11.6 Å². The fourth-order valence-corrected chi connectivity index (χ4v) is 1.12. The molecule has 0 aliphatic rings. The van der Waals surface area contributed by atoms with Crippen LogP contribution in [0.5, 0.6) is 0 Å². The molecule has 0 aliphatic heterocycles. The maximum atomic E-state index is 12.2. The van der Waals surface area contributed by atoms with Crippen molar-refractivity contribution in [3.63, 3.8) is 0 Å². The average Bonchev–Trinajstić information content (AvgIpc) is 2.09. The second-order valence-electron chi connectivity index (χ2n) is 2.58. The van der Waals surface area contributed by atoms with Gasteiger partial charge in [0.15, 0.2) is 0 Å². The van der Waals surface area contributed by atoms with Crippen molar-refractivity contribution in [1.82, 2.24) is 4.98 Å². The molecule has 1 aromatic rings. The molecule has 13 heavy (non-hydrogen) atoms. The first-order valence-electron chi connectivity index (χ1n) is 3.61. The highest BCUT2D eigenvalue weighted by molar-refractivity contribution is 6.31. The number of aryl methyl sites for hydroxylation is 1. The van der Waals surface area contributed by atoms with E-state index in [1.54, 1.807) is 6.92 Å². The van der Waals surface area contributed by atoms with Gasteiger partial charge in [-0.15, -0.1) is 0 Å². The van der Waals surface area contributed by atoms with Crippen LogP contribution in [-0.4, -0.2) is 10.1 Å². The fraction of sp³-hybridized carbons (Fsp3) is 0.375. The maximum absolute atomic E-state index is 12.2. The van der Waals surface area contributed by atoms with Crippen molar-refractivity contribution in [3.8, 4) is 0 Å². The Kier molecular flexibility index (Phi) is 3.17. The summed E-state index contributed by atoms with van der Waals surface area (Å²) in [4.78, 5) is 3.52. The van der Waals surface area contributed by atoms with Gasteiger partial charge in [-0.25, -0.2) is 13.8 Å². The topological polar surface area (TPSA) is 33.1 Å². The summed E-state index contributed by atoms with van der Waals surface area (Å²) in [5.74, 6) is 0. The summed E-state index contributed by atoms with van der Waals surface area (Å²) in [6.07, 6.45) is -2.64. The van der Waals surface area contributed by atoms with Gasteiger partial charge in [0, 0.05) is 0 Å². The molecule has 0 saturated heterocycles. The summed E-state index contributed by atoms with van der Waals surface area (Å²) in [6.45, 7) is 1.16. The van der Waals surface area contributed by atoms with E-state index in [1.807, 2.05) is 0 Å². The molecule has 0 unspecified atom stereocenters. The number of alkyl halides is 2. The van der Waals surface area contributed by atoms with Crippen molar-refractivity contribution in [2.45, 2.75) is 20.0 Å². The summed E-state index contributed by atoms with van der Waals surface area (Å²) >= 11 is 5.70. The third kappa shape index (κ3) is 2.14. The highest BCUT2D eigenvalue weighted by Gasteiger charge is 2.13. The number of rotatable bonds is 2. The van der Waals surface area contributed by atoms with Crippen LogP contribution in [0.1, 0.15) is 23.4 Å². The van der Waals surface area contributed by atoms with Crippen LogP contribution < -0.4 is 0 Å². The summed E-state index contributed by atoms with van der Waals surface area (Å²) < 4.78 is 24.4. The van der Waals surface area contributed by atoms with Crippen LogP contribution >= 0.6 is 11.6 Å². The van der Waals surface area contributed by atoms with E-state index in [-0.39, 0.29) is 16.4 Å². The minimum atomic E-state index is -2.64. The Bertz CT molecular complexity index is 317. The third-order valence-corrected chi connectivity index (χ3v) is 2.12. The van der Waals surface area contributed by atoms with Crippen molar-refractivity contribution >= 4 is 11.6 Å². The van der Waals surface area contributed by atoms with E-state index < -0.39 is 13.0 Å². The van der Waals surface area contributed by atoms with Crippen molar-refractivity contribution in [3.05, 3.63) is 28.0 Å². The van der Waals surface area contributed by atoms with Crippen LogP contribution in [0.15, 0.2) is 6.07 Å². The van der Waals surface area contributed by atoms with Crippen molar-refractivity contribution in [2.75, 3.05) is 0 Å². The van der Waals surface area contributed by atoms with Crippen molar-refractivity contribution in [1.29, 1.82) is 0 Å². The lowest BCUT2D eigenvalue weighted by molar-refractivity contribution is 0.145. The van der Waals surface area contributed by atoms with Crippen molar-refractivity contribution in [2.24, 2.45) is 0 Å². The molecular weight excluding hydrogens is 200 g/mol. The number of halogens is 3. The normalized spacial score (nSPS) is 10.9. The van der Waals surface area contributed by atoms with E-state index in [2.05, 4.69) is 4.98 Å². The molecule has 0 saturated carbocycles. The van der Waals surface area contributed by atoms with E-state index in [9.17, 15) is 8.78 Å². The monoisotopic (exact) mass is 207 g/mol. The standard InChI is InChI=1S/C8H8ClF2NO/c1-4-2-5(8(10)11)12-6(3-13)7(4)9/h2,8,13H,3H2,1H3. The number of aromatic nitrogens is 1. The molecule has 2 nitrogen and oxygen atoms in total. The van der Waals surface area contributed by atoms with Crippen LogP contribution in [0.4, 0.5) is 8.78 Å². The first-order chi connectivity index (χ1) is 6.06. The summed E-state index contributed by atoms with van der Waals surface area (Å²) in [5, 5.41) is 9.00. The Balaban J connectivity index is 3.22. The van der Waals surface area contributed by atoms with Gasteiger partial charge in [-0.3, -0.25) is 0 Å². The first kappa shape index (κ1) is 10.3. The number of hydrogen-bond acceptors (Lipinski definition) is 2. The fourth-order valence-electron chi connectivity index (χ4n) is 0.967. The molecule has 0 atom stereocenters. The van der Waals surface area contributed by atoms with E-state index in [4.69, 9.17) is 16.7 Å². The predicted molar refractivity (Wildman–Crippen MR) is 44.9 cm³/mol. The number of aliphatic hydroxyl groups excluding tert-OH is 1. The Morgan fingerprint density at radius 1 is 1.62 bits per heavy atom. The maximum Gasteiger partial charge on any atom is 0.280 e. The minimum Gasteiger partial charge on any atom is -0.390 e. The van der Waals surface area contributed by atoms with Gasteiger partial charge in [0.05, 0.1) is 17.3 Å². The van der Waals surface area contributed by atoms with E-state index in [0.717, 1.165) is 0 Å². The van der Waals surface area contributed by atoms with Crippen LogP contribution in [0.3, 0.4) is 0 Å². The Morgan fingerprint density at radius 2 is 2.23 bits per heavy atom. The molecule has 0 spiro atoms. The molecule has 1 N–H and O–H groups in total. The molecule has 0 bridgehead atoms. The summed E-state index contributed by atoms with van der Waals surface area (Å²) in [7, 11) is 0. The molecule has 1 rings (SSSR count). The Labute approximate surface area is 79.2 Å². The van der Waals surface area contributed by atoms with E-state index >= 15 is 0 Å². The molecule has 0 aliphatic carbocycles. The Morgan fingerprint density at radius 3 is 2.69 bits per heavy atom. The predicted octanol–water partition coefficient (Wildman–Crippen LogP) is 2.47. The molecule has 1 aromatic heterocycles. The highest BCUT2D eigenvalue weighted by Crippen LogP contribution is 2.24. The lowest BCUT2D eigenvalue weighted by Crippen LogP contribution is -1.99. The SMILES string of the molecule is Cc1cc(C(F)F)nc(CO)c1Cl. The zero-order valence-electron chi connectivity index (χ0n) is 6.89. The van der Waals surface area contributed by atoms with Gasteiger partial charge in [0.25, 0.3) is 6.43 Å². The van der Waals surface area contributed by atoms with Crippen LogP contribution in [0, 0.1) is 6.92 Å². The van der Waals surface area contributed by atoms with Crippen LogP contribution in [0.2, 0.25) is 5.02 Å². The van der Waals surface area contributed by atoms with Gasteiger partial charge < -0.3 is 5.11 Å². The summed E-state index contributed by atoms with van der Waals surface area (Å²) in [6, 6.07) is 1.21. The molecule has 5 heteroatoms. The molecule has 72 valence electrons. The summed E-state index contributed by atoms with van der Waals surface area (Å²) in [5.41, 5.74) is 0.235. The third-order valence-electron chi connectivity index (χ3n) is 1.60. The van der Waals surface area contributed by atoms with Gasteiger partial charge in [-0.05, 0) is 18.6 Å². The highest BCUT2D eigenvalue weighted by atomic mass is 35.5. The number of aliphatic hydroxyl groups is 1. The smallest absolute Gasteiger partial charge is 0.280 e. The zero-order valence-corrected chi connectivity index (χ0v) is 7.65. The van der Waals surface area contributed by atoms with Crippen LogP contribution in [0.25, 0.3) is 0 Å². The molecule has 0 aromatic carbocycles.